The summed E-state index contributed by atoms with van der Waals surface area (Å²) in [5.41, 5.74) is 4.72. The van der Waals surface area contributed by atoms with Gasteiger partial charge in [-0.1, -0.05) is 12.2 Å². The molecule has 1 heterocycles. The van der Waals surface area contributed by atoms with Gasteiger partial charge in [0.25, 0.3) is 0 Å². The van der Waals surface area contributed by atoms with E-state index in [0.717, 1.165) is 6.42 Å². The van der Waals surface area contributed by atoms with Crippen molar-refractivity contribution in [3.05, 3.63) is 12.2 Å². The topological polar surface area (TPSA) is 92.5 Å². The Morgan fingerprint density at radius 1 is 1.29 bits per heavy atom. The first-order chi connectivity index (χ1) is 9.80. The van der Waals surface area contributed by atoms with Crippen LogP contribution in [0.2, 0.25) is 0 Å². The molecule has 1 saturated carbocycles. The molecule has 3 amide bonds. The number of hydrogen-bond donors (Lipinski definition) is 2. The lowest BCUT2D eigenvalue weighted by atomic mass is 9.85. The van der Waals surface area contributed by atoms with Crippen molar-refractivity contribution in [3.8, 4) is 0 Å². The second-order valence-electron chi connectivity index (χ2n) is 6.81. The van der Waals surface area contributed by atoms with Gasteiger partial charge >= 0.3 is 0 Å². The molecule has 4 unspecified atom stereocenters. The van der Waals surface area contributed by atoms with Gasteiger partial charge in [0, 0.05) is 13.1 Å². The van der Waals surface area contributed by atoms with E-state index in [2.05, 4.69) is 17.5 Å². The van der Waals surface area contributed by atoms with Crippen molar-refractivity contribution < 1.29 is 14.4 Å². The van der Waals surface area contributed by atoms with Crippen molar-refractivity contribution in [1.82, 2.24) is 10.2 Å². The van der Waals surface area contributed by atoms with Crippen LogP contribution in [0.3, 0.4) is 0 Å². The molecule has 2 bridgehead atoms. The maximum atomic E-state index is 12.4. The predicted molar refractivity (Wildman–Crippen MR) is 75.7 cm³/mol. The summed E-state index contributed by atoms with van der Waals surface area (Å²) < 4.78 is 0. The first kappa shape index (κ1) is 14.3. The van der Waals surface area contributed by atoms with Gasteiger partial charge in [-0.2, -0.15) is 0 Å². The zero-order valence-corrected chi connectivity index (χ0v) is 12.3. The fraction of sp³-hybridized carbons (Fsp3) is 0.667. The van der Waals surface area contributed by atoms with Crippen molar-refractivity contribution in [1.29, 1.82) is 0 Å². The van der Waals surface area contributed by atoms with E-state index in [1.54, 1.807) is 13.8 Å². The number of imide groups is 1. The number of nitrogens with one attached hydrogen (secondary N) is 1. The van der Waals surface area contributed by atoms with Crippen LogP contribution in [0.1, 0.15) is 20.3 Å². The molecular formula is C15H21N3O3. The van der Waals surface area contributed by atoms with Crippen LogP contribution in [0.25, 0.3) is 0 Å². The van der Waals surface area contributed by atoms with Crippen LogP contribution in [0, 0.1) is 23.7 Å². The highest BCUT2D eigenvalue weighted by molar-refractivity contribution is 6.06. The number of likely N-dealkylation sites (tertiary alicyclic amines) is 1. The summed E-state index contributed by atoms with van der Waals surface area (Å²) in [6, 6.07) is 0. The molecule has 0 aromatic rings. The molecule has 4 atom stereocenters. The fourth-order valence-corrected chi connectivity index (χ4v) is 3.69. The van der Waals surface area contributed by atoms with E-state index < -0.39 is 5.54 Å². The molecule has 6 heteroatoms. The van der Waals surface area contributed by atoms with E-state index >= 15 is 0 Å². The Bertz CT molecular complexity index is 505. The smallest absolute Gasteiger partial charge is 0.239 e. The summed E-state index contributed by atoms with van der Waals surface area (Å²) in [6.07, 6.45) is 5.07. The highest BCUT2D eigenvalue weighted by Gasteiger charge is 2.58. The quantitative estimate of drug-likeness (QED) is 0.547. The monoisotopic (exact) mass is 291 g/mol. The average Bonchev–Trinajstić information content (AvgIpc) is 3.06. The van der Waals surface area contributed by atoms with Crippen molar-refractivity contribution in [2.45, 2.75) is 25.8 Å². The van der Waals surface area contributed by atoms with Gasteiger partial charge in [-0.15, -0.1) is 0 Å². The lowest BCUT2D eigenvalue weighted by Crippen LogP contribution is -2.51. The summed E-state index contributed by atoms with van der Waals surface area (Å²) in [7, 11) is 0. The molecule has 0 spiro atoms. The molecule has 6 nitrogen and oxygen atoms in total. The van der Waals surface area contributed by atoms with Crippen LogP contribution in [0.5, 0.6) is 0 Å². The first-order valence-corrected chi connectivity index (χ1v) is 7.41. The Morgan fingerprint density at radius 2 is 1.81 bits per heavy atom. The zero-order chi connectivity index (χ0) is 15.4. The van der Waals surface area contributed by atoms with Gasteiger partial charge in [0.05, 0.1) is 17.4 Å². The minimum atomic E-state index is -0.960. The van der Waals surface area contributed by atoms with Gasteiger partial charge in [-0.3, -0.25) is 19.3 Å². The van der Waals surface area contributed by atoms with Crippen molar-refractivity contribution >= 4 is 17.7 Å². The van der Waals surface area contributed by atoms with Crippen LogP contribution in [0.15, 0.2) is 12.2 Å². The van der Waals surface area contributed by atoms with Gasteiger partial charge in [-0.25, -0.2) is 0 Å². The largest absolute Gasteiger partial charge is 0.353 e. The third-order valence-electron chi connectivity index (χ3n) is 4.77. The van der Waals surface area contributed by atoms with E-state index in [1.807, 2.05) is 0 Å². The van der Waals surface area contributed by atoms with Crippen LogP contribution < -0.4 is 11.1 Å². The molecule has 0 aromatic heterocycles. The molecule has 2 fully saturated rings. The third-order valence-corrected chi connectivity index (χ3v) is 4.77. The van der Waals surface area contributed by atoms with Gasteiger partial charge in [0.15, 0.2) is 0 Å². The summed E-state index contributed by atoms with van der Waals surface area (Å²) in [4.78, 5) is 37.8. The Labute approximate surface area is 123 Å². The summed E-state index contributed by atoms with van der Waals surface area (Å²) in [5, 5.41) is 2.67. The maximum absolute atomic E-state index is 12.4. The van der Waals surface area contributed by atoms with Crippen molar-refractivity contribution in [2.24, 2.45) is 29.4 Å². The number of fused-ring (bicyclic) bond motifs is 5. The predicted octanol–water partition coefficient (Wildman–Crippen LogP) is -0.353. The molecular weight excluding hydrogens is 270 g/mol. The molecule has 3 rings (SSSR count). The van der Waals surface area contributed by atoms with E-state index in [-0.39, 0.29) is 54.5 Å². The molecule has 1 aliphatic heterocycles. The molecule has 2 aliphatic carbocycles. The first-order valence-electron chi connectivity index (χ1n) is 7.41. The maximum Gasteiger partial charge on any atom is 0.239 e. The van der Waals surface area contributed by atoms with Gasteiger partial charge in [0.1, 0.15) is 0 Å². The summed E-state index contributed by atoms with van der Waals surface area (Å²) in [5.74, 6) is -0.351. The summed E-state index contributed by atoms with van der Waals surface area (Å²) in [6.45, 7) is 3.70. The number of rotatable bonds is 4. The molecule has 0 radical (unpaired) electrons. The molecule has 3 aliphatic rings. The Morgan fingerprint density at radius 3 is 2.29 bits per heavy atom. The number of amides is 3. The second-order valence-corrected chi connectivity index (χ2v) is 6.81. The standard InChI is InChI=1S/C15H21N3O3/c1-15(2,16)14(21)17-5-6-18-12(19)10-8-3-4-9(7-8)11(10)13(18)20/h3-4,8-11H,5-7,16H2,1-2H3,(H,17,21). The van der Waals surface area contributed by atoms with Crippen LogP contribution in [0.4, 0.5) is 0 Å². The van der Waals surface area contributed by atoms with Crippen LogP contribution in [-0.2, 0) is 14.4 Å². The third kappa shape index (κ3) is 2.18. The highest BCUT2D eigenvalue weighted by atomic mass is 16.2. The molecule has 3 N–H and O–H groups in total. The minimum absolute atomic E-state index is 0.0805. The molecule has 1 saturated heterocycles. The van der Waals surface area contributed by atoms with Crippen molar-refractivity contribution in [3.63, 3.8) is 0 Å². The minimum Gasteiger partial charge on any atom is -0.353 e. The average molecular weight is 291 g/mol. The van der Waals surface area contributed by atoms with Gasteiger partial charge in [-0.05, 0) is 32.1 Å². The SMILES string of the molecule is CC(C)(N)C(=O)NCCN1C(=O)C2C3C=CC(C3)C2C1=O. The second kappa shape index (κ2) is 4.66. The molecule has 114 valence electrons. The molecule has 21 heavy (non-hydrogen) atoms. The van der Waals surface area contributed by atoms with E-state index in [4.69, 9.17) is 5.73 Å². The van der Waals surface area contributed by atoms with E-state index in [0.29, 0.717) is 0 Å². The van der Waals surface area contributed by atoms with Crippen molar-refractivity contribution in [2.75, 3.05) is 13.1 Å². The number of hydrogen-bond acceptors (Lipinski definition) is 4. The van der Waals surface area contributed by atoms with E-state index in [9.17, 15) is 14.4 Å². The Kier molecular flexibility index (Phi) is 3.16. The normalized spacial score (nSPS) is 33.8. The summed E-state index contributed by atoms with van der Waals surface area (Å²) >= 11 is 0. The number of allylic oxidation sites excluding steroid dienone is 2. The van der Waals surface area contributed by atoms with Crippen LogP contribution in [-0.4, -0.2) is 41.2 Å². The van der Waals surface area contributed by atoms with Gasteiger partial charge in [0.2, 0.25) is 17.7 Å². The Hall–Kier alpha value is -1.69. The lowest BCUT2D eigenvalue weighted by Gasteiger charge is -2.20. The number of carbonyl (C=O) groups excluding carboxylic acids is 3. The van der Waals surface area contributed by atoms with Crippen LogP contribution >= 0.6 is 0 Å². The number of carbonyl (C=O) groups is 3. The Balaban J connectivity index is 1.60. The zero-order valence-electron chi connectivity index (χ0n) is 12.3. The van der Waals surface area contributed by atoms with Gasteiger partial charge < -0.3 is 11.1 Å². The number of nitrogens with zero attached hydrogens (tertiary/aromatic N) is 1. The fourth-order valence-electron chi connectivity index (χ4n) is 3.69. The number of nitrogens with two attached hydrogens (primary N) is 1. The highest BCUT2D eigenvalue weighted by Crippen LogP contribution is 2.52. The van der Waals surface area contributed by atoms with E-state index in [1.165, 1.54) is 4.90 Å². The lowest BCUT2D eigenvalue weighted by molar-refractivity contribution is -0.141. The molecule has 0 aromatic carbocycles.